The van der Waals surface area contributed by atoms with E-state index in [1.165, 1.54) is 0 Å². The van der Waals surface area contributed by atoms with E-state index in [1.807, 2.05) is 39.0 Å². The molecule has 128 valence electrons. The second kappa shape index (κ2) is 6.59. The molecule has 0 N–H and O–H groups in total. The normalized spacial score (nSPS) is 18.5. The number of likely N-dealkylation sites (tertiary alicyclic amines) is 1. The number of ether oxygens (including phenoxy) is 1. The highest BCUT2D eigenvalue weighted by molar-refractivity contribution is 5.68. The summed E-state index contributed by atoms with van der Waals surface area (Å²) in [6.07, 6.45) is 3.18. The van der Waals surface area contributed by atoms with Gasteiger partial charge >= 0.3 is 6.09 Å². The fraction of sp³-hybridized carbons (Fsp3) is 0.529. The molecule has 7 heteroatoms. The van der Waals surface area contributed by atoms with E-state index in [0.29, 0.717) is 30.5 Å². The average molecular weight is 330 g/mol. The summed E-state index contributed by atoms with van der Waals surface area (Å²) in [6, 6.07) is 5.55. The fourth-order valence-electron chi connectivity index (χ4n) is 2.67. The van der Waals surface area contributed by atoms with Gasteiger partial charge in [0, 0.05) is 19.3 Å². The number of hydrogen-bond donors (Lipinski definition) is 0. The molecule has 0 saturated carbocycles. The van der Waals surface area contributed by atoms with Gasteiger partial charge in [0.25, 0.3) is 0 Å². The molecule has 1 saturated heterocycles. The molecule has 3 heterocycles. The van der Waals surface area contributed by atoms with E-state index in [2.05, 4.69) is 15.1 Å². The van der Waals surface area contributed by atoms with Crippen LogP contribution in [0, 0.1) is 0 Å². The molecule has 24 heavy (non-hydrogen) atoms. The monoisotopic (exact) mass is 330 g/mol. The Hall–Kier alpha value is -2.44. The van der Waals surface area contributed by atoms with Gasteiger partial charge in [0.2, 0.25) is 11.7 Å². The third kappa shape index (κ3) is 3.90. The molecular formula is C17H22N4O3. The fourth-order valence-corrected chi connectivity index (χ4v) is 2.67. The smallest absolute Gasteiger partial charge is 0.410 e. The lowest BCUT2D eigenvalue weighted by Gasteiger charge is -2.32. The van der Waals surface area contributed by atoms with Gasteiger partial charge in [-0.2, -0.15) is 4.98 Å². The first-order valence-electron chi connectivity index (χ1n) is 8.15. The summed E-state index contributed by atoms with van der Waals surface area (Å²) < 4.78 is 10.9. The Balaban J connectivity index is 1.69. The molecular weight excluding hydrogens is 308 g/mol. The highest BCUT2D eigenvalue weighted by atomic mass is 16.6. The summed E-state index contributed by atoms with van der Waals surface area (Å²) in [5, 5.41) is 4.01. The van der Waals surface area contributed by atoms with E-state index >= 15 is 0 Å². The molecule has 2 aromatic heterocycles. The van der Waals surface area contributed by atoms with Gasteiger partial charge in [-0.05, 0) is 45.7 Å². The number of aromatic nitrogens is 3. The molecule has 1 atom stereocenters. The molecule has 1 aliphatic heterocycles. The predicted molar refractivity (Wildman–Crippen MR) is 87.3 cm³/mol. The zero-order chi connectivity index (χ0) is 17.2. The van der Waals surface area contributed by atoms with Crippen molar-refractivity contribution in [3.05, 3.63) is 30.3 Å². The molecule has 3 rings (SSSR count). The predicted octanol–water partition coefficient (Wildman–Crippen LogP) is 3.25. The van der Waals surface area contributed by atoms with Crippen molar-refractivity contribution >= 4 is 6.09 Å². The molecule has 0 spiro atoms. The first-order chi connectivity index (χ1) is 11.4. The quantitative estimate of drug-likeness (QED) is 0.841. The van der Waals surface area contributed by atoms with Crippen molar-refractivity contribution in [3.8, 4) is 11.5 Å². The minimum absolute atomic E-state index is 0.0243. The SMILES string of the molecule is CC(C)(C)OC(=O)N1CCCC(c2nc(-c3ccccn3)no2)C1. The van der Waals surface area contributed by atoms with E-state index < -0.39 is 5.60 Å². The zero-order valence-corrected chi connectivity index (χ0v) is 14.2. The van der Waals surface area contributed by atoms with Crippen LogP contribution in [-0.4, -0.2) is 44.8 Å². The molecule has 0 aliphatic carbocycles. The lowest BCUT2D eigenvalue weighted by atomic mass is 9.98. The first kappa shape index (κ1) is 16.4. The second-order valence-electron chi connectivity index (χ2n) is 6.94. The molecule has 0 aromatic carbocycles. The largest absolute Gasteiger partial charge is 0.444 e. The summed E-state index contributed by atoms with van der Waals surface area (Å²) in [5.41, 5.74) is 0.174. The number of rotatable bonds is 2. The van der Waals surface area contributed by atoms with E-state index in [9.17, 15) is 4.79 Å². The van der Waals surface area contributed by atoms with Crippen LogP contribution in [0.15, 0.2) is 28.9 Å². The van der Waals surface area contributed by atoms with Crippen molar-refractivity contribution in [1.29, 1.82) is 0 Å². The summed E-state index contributed by atoms with van der Waals surface area (Å²) in [5.74, 6) is 1.04. The van der Waals surface area contributed by atoms with Crippen LogP contribution in [0.4, 0.5) is 4.79 Å². The standard InChI is InChI=1S/C17H22N4O3/c1-17(2,3)23-16(22)21-10-6-7-12(11-21)15-19-14(20-24-15)13-8-4-5-9-18-13/h4-5,8-9,12H,6-7,10-11H2,1-3H3. The maximum Gasteiger partial charge on any atom is 0.410 e. The van der Waals surface area contributed by atoms with Crippen molar-refractivity contribution in [1.82, 2.24) is 20.0 Å². The minimum Gasteiger partial charge on any atom is -0.444 e. The van der Waals surface area contributed by atoms with Crippen LogP contribution in [0.2, 0.25) is 0 Å². The minimum atomic E-state index is -0.499. The van der Waals surface area contributed by atoms with Crippen molar-refractivity contribution in [3.63, 3.8) is 0 Å². The van der Waals surface area contributed by atoms with E-state index in [0.717, 1.165) is 12.8 Å². The number of pyridine rings is 1. The van der Waals surface area contributed by atoms with Crippen molar-refractivity contribution in [2.45, 2.75) is 45.1 Å². The van der Waals surface area contributed by atoms with Crippen LogP contribution < -0.4 is 0 Å². The highest BCUT2D eigenvalue weighted by Gasteiger charge is 2.31. The van der Waals surface area contributed by atoms with E-state index in [1.54, 1.807) is 11.1 Å². The number of piperidine rings is 1. The molecule has 1 amide bonds. The lowest BCUT2D eigenvalue weighted by Crippen LogP contribution is -2.42. The van der Waals surface area contributed by atoms with Gasteiger partial charge < -0.3 is 14.2 Å². The Kier molecular flexibility index (Phi) is 4.51. The molecule has 0 radical (unpaired) electrons. The number of amides is 1. The molecule has 1 aliphatic rings. The lowest BCUT2D eigenvalue weighted by molar-refractivity contribution is 0.0189. The number of carbonyl (C=O) groups is 1. The van der Waals surface area contributed by atoms with Gasteiger partial charge in [0.1, 0.15) is 11.3 Å². The summed E-state index contributed by atoms with van der Waals surface area (Å²) in [4.78, 5) is 22.6. The van der Waals surface area contributed by atoms with Gasteiger partial charge in [-0.15, -0.1) is 0 Å². The molecule has 1 unspecified atom stereocenters. The van der Waals surface area contributed by atoms with Crippen LogP contribution in [0.5, 0.6) is 0 Å². The van der Waals surface area contributed by atoms with Crippen molar-refractivity contribution in [2.75, 3.05) is 13.1 Å². The third-order valence-corrected chi connectivity index (χ3v) is 3.76. The van der Waals surface area contributed by atoms with Gasteiger partial charge in [-0.3, -0.25) is 4.98 Å². The summed E-state index contributed by atoms with van der Waals surface area (Å²) >= 11 is 0. The molecule has 7 nitrogen and oxygen atoms in total. The second-order valence-corrected chi connectivity index (χ2v) is 6.94. The summed E-state index contributed by atoms with van der Waals surface area (Å²) in [7, 11) is 0. The molecule has 2 aromatic rings. The van der Waals surface area contributed by atoms with Crippen LogP contribution in [-0.2, 0) is 4.74 Å². The summed E-state index contributed by atoms with van der Waals surface area (Å²) in [6.45, 7) is 6.81. The first-order valence-corrected chi connectivity index (χ1v) is 8.15. The molecule has 0 bridgehead atoms. The van der Waals surface area contributed by atoms with Crippen LogP contribution in [0.25, 0.3) is 11.5 Å². The third-order valence-electron chi connectivity index (χ3n) is 3.76. The van der Waals surface area contributed by atoms with Gasteiger partial charge in [0.15, 0.2) is 0 Å². The maximum absolute atomic E-state index is 12.2. The Bertz CT molecular complexity index is 693. The molecule has 1 fully saturated rings. The van der Waals surface area contributed by atoms with Crippen molar-refractivity contribution < 1.29 is 14.1 Å². The maximum atomic E-state index is 12.2. The van der Waals surface area contributed by atoms with Crippen molar-refractivity contribution in [2.24, 2.45) is 0 Å². The Labute approximate surface area is 141 Å². The Morgan fingerprint density at radius 3 is 2.92 bits per heavy atom. The van der Waals surface area contributed by atoms with Gasteiger partial charge in [0.05, 0.1) is 5.92 Å². The van der Waals surface area contributed by atoms with Crippen LogP contribution in [0.3, 0.4) is 0 Å². The number of hydrogen-bond acceptors (Lipinski definition) is 6. The number of nitrogens with zero attached hydrogens (tertiary/aromatic N) is 4. The zero-order valence-electron chi connectivity index (χ0n) is 14.2. The van der Waals surface area contributed by atoms with Gasteiger partial charge in [-0.1, -0.05) is 11.2 Å². The van der Waals surface area contributed by atoms with Gasteiger partial charge in [-0.25, -0.2) is 4.79 Å². The van der Waals surface area contributed by atoms with E-state index in [-0.39, 0.29) is 12.0 Å². The average Bonchev–Trinajstić information content (AvgIpc) is 3.04. The van der Waals surface area contributed by atoms with Crippen LogP contribution in [0.1, 0.15) is 45.4 Å². The highest BCUT2D eigenvalue weighted by Crippen LogP contribution is 2.28. The van der Waals surface area contributed by atoms with E-state index in [4.69, 9.17) is 9.26 Å². The Morgan fingerprint density at radius 1 is 1.38 bits per heavy atom. The van der Waals surface area contributed by atoms with Crippen LogP contribution >= 0.6 is 0 Å². The topological polar surface area (TPSA) is 81.4 Å². The number of carbonyl (C=O) groups excluding carboxylic acids is 1. The Morgan fingerprint density at radius 2 is 2.21 bits per heavy atom.